The zero-order valence-corrected chi connectivity index (χ0v) is 17.1. The summed E-state index contributed by atoms with van der Waals surface area (Å²) >= 11 is 0. The van der Waals surface area contributed by atoms with Crippen molar-refractivity contribution in [2.45, 2.75) is 37.8 Å². The van der Waals surface area contributed by atoms with E-state index in [0.29, 0.717) is 12.3 Å². The molecule has 6 nitrogen and oxygen atoms in total. The van der Waals surface area contributed by atoms with Crippen molar-refractivity contribution in [3.8, 4) is 0 Å². The molecule has 5 rings (SSSR count). The first-order chi connectivity index (χ1) is 15.0. The van der Waals surface area contributed by atoms with Crippen LogP contribution in [-0.2, 0) is 0 Å². The van der Waals surface area contributed by atoms with Crippen LogP contribution in [0.25, 0.3) is 5.57 Å². The third kappa shape index (κ3) is 3.54. The van der Waals surface area contributed by atoms with E-state index in [0.717, 1.165) is 16.8 Å². The van der Waals surface area contributed by atoms with Gasteiger partial charge in [0.15, 0.2) is 0 Å². The SMILES string of the molecule is CC1CC(N2C=C(c3ccccc3)C3C(Nc4ccc(F)cc4)=NC=NC32)C(O)C1O. The van der Waals surface area contributed by atoms with Crippen molar-refractivity contribution in [1.29, 1.82) is 0 Å². The second-order valence-corrected chi connectivity index (χ2v) is 8.46. The number of benzene rings is 2. The highest BCUT2D eigenvalue weighted by molar-refractivity contribution is 6.09. The normalized spacial score (nSPS) is 31.9. The number of aliphatic hydroxyl groups excluding tert-OH is 2. The third-order valence-corrected chi connectivity index (χ3v) is 6.48. The van der Waals surface area contributed by atoms with Crippen molar-refractivity contribution < 1.29 is 14.6 Å². The quantitative estimate of drug-likeness (QED) is 0.713. The van der Waals surface area contributed by atoms with Gasteiger partial charge in [0.25, 0.3) is 0 Å². The zero-order chi connectivity index (χ0) is 21.5. The van der Waals surface area contributed by atoms with Crippen molar-refractivity contribution in [2.24, 2.45) is 21.8 Å². The number of rotatable bonds is 3. The highest BCUT2D eigenvalue weighted by atomic mass is 19.1. The molecular weight excluding hydrogens is 395 g/mol. The molecule has 3 N–H and O–H groups in total. The molecule has 6 unspecified atom stereocenters. The van der Waals surface area contributed by atoms with Crippen LogP contribution in [0.4, 0.5) is 10.1 Å². The molecule has 31 heavy (non-hydrogen) atoms. The smallest absolute Gasteiger partial charge is 0.136 e. The molecule has 0 radical (unpaired) electrons. The Morgan fingerprint density at radius 2 is 1.77 bits per heavy atom. The Hall–Kier alpha value is -3.03. The van der Waals surface area contributed by atoms with Gasteiger partial charge in [-0.05, 0) is 47.7 Å². The van der Waals surface area contributed by atoms with Crippen LogP contribution in [0, 0.1) is 17.7 Å². The van der Waals surface area contributed by atoms with Gasteiger partial charge in [0.05, 0.1) is 18.1 Å². The van der Waals surface area contributed by atoms with Crippen LogP contribution in [0.5, 0.6) is 0 Å². The maximum Gasteiger partial charge on any atom is 0.136 e. The molecule has 0 aromatic heterocycles. The topological polar surface area (TPSA) is 80.5 Å². The zero-order valence-electron chi connectivity index (χ0n) is 17.1. The number of anilines is 1. The van der Waals surface area contributed by atoms with Crippen LogP contribution in [0.1, 0.15) is 18.9 Å². The van der Waals surface area contributed by atoms with E-state index in [2.05, 4.69) is 20.2 Å². The van der Waals surface area contributed by atoms with Crippen molar-refractivity contribution in [3.05, 3.63) is 72.2 Å². The highest BCUT2D eigenvalue weighted by Gasteiger charge is 2.49. The van der Waals surface area contributed by atoms with Gasteiger partial charge in [-0.2, -0.15) is 0 Å². The first-order valence-electron chi connectivity index (χ1n) is 10.6. The van der Waals surface area contributed by atoms with E-state index in [-0.39, 0.29) is 29.9 Å². The number of nitrogens with zero attached hydrogens (tertiary/aromatic N) is 3. The molecule has 0 saturated heterocycles. The van der Waals surface area contributed by atoms with E-state index in [1.165, 1.54) is 18.5 Å². The third-order valence-electron chi connectivity index (χ3n) is 6.48. The molecule has 2 aliphatic heterocycles. The van der Waals surface area contributed by atoms with Gasteiger partial charge < -0.3 is 20.4 Å². The molecule has 0 spiro atoms. The van der Waals surface area contributed by atoms with E-state index in [1.54, 1.807) is 12.1 Å². The number of halogens is 1. The number of hydrogen-bond donors (Lipinski definition) is 3. The van der Waals surface area contributed by atoms with E-state index in [4.69, 9.17) is 0 Å². The van der Waals surface area contributed by atoms with Crippen molar-refractivity contribution in [1.82, 2.24) is 4.90 Å². The lowest BCUT2D eigenvalue weighted by atomic mass is 9.91. The average molecular weight is 420 g/mol. The Morgan fingerprint density at radius 3 is 2.45 bits per heavy atom. The standard InChI is InChI=1S/C24H25FN4O2/c1-14-11-19(22(31)21(14)30)29-12-18(15-5-3-2-4-6-15)20-23(26-13-27-24(20)29)28-17-9-7-16(25)8-10-17/h2-10,12-14,19-22,24,30-31H,11H2,1H3,(H,26,27,28). The summed E-state index contributed by atoms with van der Waals surface area (Å²) in [7, 11) is 0. The van der Waals surface area contributed by atoms with Crippen LogP contribution in [0.15, 0.2) is 70.8 Å². The fourth-order valence-corrected chi connectivity index (χ4v) is 4.84. The predicted octanol–water partition coefficient (Wildman–Crippen LogP) is 3.11. The first kappa shape index (κ1) is 19.9. The Kier molecular flexibility index (Phi) is 5.08. The molecule has 1 saturated carbocycles. The van der Waals surface area contributed by atoms with Gasteiger partial charge in [0.2, 0.25) is 0 Å². The molecule has 7 heteroatoms. The van der Waals surface area contributed by atoms with Crippen LogP contribution < -0.4 is 5.32 Å². The number of hydrogen-bond acceptors (Lipinski definition) is 6. The van der Waals surface area contributed by atoms with Gasteiger partial charge in [-0.25, -0.2) is 14.4 Å². The summed E-state index contributed by atoms with van der Waals surface area (Å²) in [6.45, 7) is 1.95. The molecule has 6 atom stereocenters. The summed E-state index contributed by atoms with van der Waals surface area (Å²) in [6, 6.07) is 16.0. The number of aliphatic hydroxyl groups is 2. The summed E-state index contributed by atoms with van der Waals surface area (Å²) in [6.07, 6.45) is 2.38. The highest BCUT2D eigenvalue weighted by Crippen LogP contribution is 2.43. The summed E-state index contributed by atoms with van der Waals surface area (Å²) in [5, 5.41) is 24.4. The number of aliphatic imine (C=N–C) groups is 2. The van der Waals surface area contributed by atoms with Gasteiger partial charge >= 0.3 is 0 Å². The van der Waals surface area contributed by atoms with Gasteiger partial charge in [-0.15, -0.1) is 0 Å². The largest absolute Gasteiger partial charge is 0.390 e. The second kappa shape index (κ2) is 7.90. The number of nitrogens with one attached hydrogen (secondary N) is 1. The fourth-order valence-electron chi connectivity index (χ4n) is 4.84. The lowest BCUT2D eigenvalue weighted by Crippen LogP contribution is -2.47. The van der Waals surface area contributed by atoms with Crippen LogP contribution in [-0.4, -0.2) is 51.7 Å². The Labute approximate surface area is 180 Å². The summed E-state index contributed by atoms with van der Waals surface area (Å²) < 4.78 is 13.3. The summed E-state index contributed by atoms with van der Waals surface area (Å²) in [5.74, 6) is 0.240. The van der Waals surface area contributed by atoms with E-state index in [1.807, 2.05) is 43.5 Å². The minimum Gasteiger partial charge on any atom is -0.390 e. The Morgan fingerprint density at radius 1 is 1.03 bits per heavy atom. The molecule has 2 aromatic carbocycles. The van der Waals surface area contributed by atoms with Crippen molar-refractivity contribution >= 4 is 23.4 Å². The minimum atomic E-state index is -0.843. The summed E-state index contributed by atoms with van der Waals surface area (Å²) in [4.78, 5) is 11.2. The van der Waals surface area contributed by atoms with Crippen LogP contribution >= 0.6 is 0 Å². The minimum absolute atomic E-state index is 0.00525. The van der Waals surface area contributed by atoms with E-state index in [9.17, 15) is 14.6 Å². The second-order valence-electron chi connectivity index (χ2n) is 8.46. The molecule has 160 valence electrons. The molecule has 3 aliphatic rings. The van der Waals surface area contributed by atoms with Crippen LogP contribution in [0.3, 0.4) is 0 Å². The lowest BCUT2D eigenvalue weighted by Gasteiger charge is -2.35. The van der Waals surface area contributed by atoms with E-state index < -0.39 is 12.2 Å². The molecule has 1 aliphatic carbocycles. The van der Waals surface area contributed by atoms with Crippen molar-refractivity contribution in [2.75, 3.05) is 5.32 Å². The van der Waals surface area contributed by atoms with Crippen LogP contribution in [0.2, 0.25) is 0 Å². The maximum absolute atomic E-state index is 13.3. The van der Waals surface area contributed by atoms with Gasteiger partial charge in [-0.1, -0.05) is 37.3 Å². The number of amidine groups is 1. The monoisotopic (exact) mass is 420 g/mol. The fraction of sp³-hybridized carbons (Fsp3) is 0.333. The molecular formula is C24H25FN4O2. The predicted molar refractivity (Wildman–Crippen MR) is 119 cm³/mol. The Bertz CT molecular complexity index is 1040. The van der Waals surface area contributed by atoms with Gasteiger partial charge in [0.1, 0.15) is 30.3 Å². The van der Waals surface area contributed by atoms with Gasteiger partial charge in [0, 0.05) is 11.9 Å². The molecule has 0 amide bonds. The first-order valence-corrected chi connectivity index (χ1v) is 10.6. The molecule has 2 aromatic rings. The van der Waals surface area contributed by atoms with Crippen molar-refractivity contribution in [3.63, 3.8) is 0 Å². The average Bonchev–Trinajstić information content (AvgIpc) is 3.30. The summed E-state index contributed by atoms with van der Waals surface area (Å²) in [5.41, 5.74) is 2.83. The molecule has 1 fully saturated rings. The Balaban J connectivity index is 1.52. The molecule has 0 bridgehead atoms. The number of fused-ring (bicyclic) bond motifs is 1. The molecule has 2 heterocycles. The lowest BCUT2D eigenvalue weighted by molar-refractivity contribution is -0.00617. The maximum atomic E-state index is 13.3. The van der Waals surface area contributed by atoms with E-state index >= 15 is 0 Å². The van der Waals surface area contributed by atoms with Gasteiger partial charge in [-0.3, -0.25) is 0 Å².